The van der Waals surface area contributed by atoms with E-state index in [0.717, 1.165) is 28.1 Å². The molecule has 0 unspecified atom stereocenters. The molecule has 0 spiro atoms. The third kappa shape index (κ3) is 8.49. The molecule has 0 radical (unpaired) electrons. The highest BCUT2D eigenvalue weighted by Gasteiger charge is 2.31. The van der Waals surface area contributed by atoms with E-state index in [4.69, 9.17) is 4.74 Å². The third-order valence-electron chi connectivity index (χ3n) is 6.12. The number of ether oxygens (including phenoxy) is 1. The molecule has 0 saturated carbocycles. The van der Waals surface area contributed by atoms with E-state index in [1.807, 2.05) is 38.1 Å². The van der Waals surface area contributed by atoms with Crippen LogP contribution in [0.2, 0.25) is 0 Å². The predicted molar refractivity (Wildman–Crippen MR) is 148 cm³/mol. The van der Waals surface area contributed by atoms with Crippen LogP contribution in [0.1, 0.15) is 58.6 Å². The average molecular weight is 532 g/mol. The minimum Gasteiger partial charge on any atom is -0.497 e. The van der Waals surface area contributed by atoms with Crippen molar-refractivity contribution in [2.45, 2.75) is 65.5 Å². The molecule has 0 aromatic heterocycles. The summed E-state index contributed by atoms with van der Waals surface area (Å²) in [6.45, 7) is 10.2. The Morgan fingerprint density at radius 2 is 1.70 bits per heavy atom. The molecule has 2 aromatic carbocycles. The number of hydrogen-bond donors (Lipinski definition) is 1. The fourth-order valence-corrected chi connectivity index (χ4v) is 4.84. The Labute approximate surface area is 222 Å². The van der Waals surface area contributed by atoms with Crippen molar-refractivity contribution in [3.63, 3.8) is 0 Å². The van der Waals surface area contributed by atoms with Gasteiger partial charge in [0, 0.05) is 13.1 Å². The quantitative estimate of drug-likeness (QED) is 0.445. The van der Waals surface area contributed by atoms with Crippen molar-refractivity contribution in [3.05, 3.63) is 59.7 Å². The molecule has 0 aliphatic heterocycles. The standard InChI is InChI=1S/C28H41N3O5S/c1-8-17-29-27(33)25(9-2)30(19-21-11-10-12-24(18-21)36-6)26(32)20-31(37(7,34)35)23-15-13-22(14-16-23)28(3,4)5/h10-16,18,25H,8-9,17,19-20H2,1-7H3,(H,29,33)/t25-/m1/s1. The number of benzene rings is 2. The number of rotatable bonds is 12. The van der Waals surface area contributed by atoms with Crippen molar-refractivity contribution in [1.29, 1.82) is 0 Å². The number of methoxy groups -OCH3 is 1. The normalized spacial score (nSPS) is 12.5. The molecule has 37 heavy (non-hydrogen) atoms. The average Bonchev–Trinajstić information content (AvgIpc) is 2.84. The van der Waals surface area contributed by atoms with Gasteiger partial charge < -0.3 is 15.0 Å². The maximum absolute atomic E-state index is 13.7. The van der Waals surface area contributed by atoms with Crippen molar-refractivity contribution >= 4 is 27.5 Å². The van der Waals surface area contributed by atoms with E-state index in [9.17, 15) is 18.0 Å². The molecule has 204 valence electrons. The van der Waals surface area contributed by atoms with Crippen molar-refractivity contribution in [2.24, 2.45) is 0 Å². The molecule has 0 saturated heterocycles. The Balaban J connectivity index is 2.45. The Morgan fingerprint density at radius 1 is 1.05 bits per heavy atom. The Hall–Kier alpha value is -3.07. The van der Waals surface area contributed by atoms with E-state index in [1.165, 1.54) is 4.90 Å². The van der Waals surface area contributed by atoms with E-state index in [1.54, 1.807) is 31.4 Å². The summed E-state index contributed by atoms with van der Waals surface area (Å²) in [4.78, 5) is 28.2. The van der Waals surface area contributed by atoms with E-state index in [-0.39, 0.29) is 17.9 Å². The van der Waals surface area contributed by atoms with Crippen molar-refractivity contribution < 1.29 is 22.7 Å². The number of hydrogen-bond acceptors (Lipinski definition) is 5. The first-order chi connectivity index (χ1) is 17.3. The first-order valence-electron chi connectivity index (χ1n) is 12.6. The van der Waals surface area contributed by atoms with E-state index in [0.29, 0.717) is 24.4 Å². The summed E-state index contributed by atoms with van der Waals surface area (Å²) >= 11 is 0. The second-order valence-electron chi connectivity index (χ2n) is 10.2. The first-order valence-corrected chi connectivity index (χ1v) is 14.4. The van der Waals surface area contributed by atoms with Gasteiger partial charge in [-0.15, -0.1) is 0 Å². The minimum atomic E-state index is -3.78. The summed E-state index contributed by atoms with van der Waals surface area (Å²) < 4.78 is 32.0. The molecule has 9 heteroatoms. The molecule has 8 nitrogen and oxygen atoms in total. The van der Waals surface area contributed by atoms with Gasteiger partial charge in [-0.1, -0.05) is 58.9 Å². The van der Waals surface area contributed by atoms with Crippen LogP contribution in [0.5, 0.6) is 5.75 Å². The van der Waals surface area contributed by atoms with Crippen LogP contribution >= 0.6 is 0 Å². The fraction of sp³-hybridized carbons (Fsp3) is 0.500. The van der Waals surface area contributed by atoms with Crippen molar-refractivity contribution in [2.75, 3.05) is 30.8 Å². The molecule has 2 aromatic rings. The Kier molecular flexibility index (Phi) is 10.5. The van der Waals surface area contributed by atoms with Crippen LogP contribution in [-0.2, 0) is 31.6 Å². The summed E-state index contributed by atoms with van der Waals surface area (Å²) in [5.41, 5.74) is 2.12. The lowest BCUT2D eigenvalue weighted by Gasteiger charge is -2.33. The second-order valence-corrected chi connectivity index (χ2v) is 12.1. The Morgan fingerprint density at radius 3 is 2.22 bits per heavy atom. The molecule has 0 aliphatic carbocycles. The molecule has 0 bridgehead atoms. The van der Waals surface area contributed by atoms with E-state index in [2.05, 4.69) is 26.1 Å². The maximum Gasteiger partial charge on any atom is 0.244 e. The van der Waals surface area contributed by atoms with Crippen molar-refractivity contribution in [1.82, 2.24) is 10.2 Å². The highest BCUT2D eigenvalue weighted by atomic mass is 32.2. The summed E-state index contributed by atoms with van der Waals surface area (Å²) in [6.07, 6.45) is 2.22. The molecular formula is C28H41N3O5S. The van der Waals surface area contributed by atoms with Gasteiger partial charge in [-0.3, -0.25) is 13.9 Å². The van der Waals surface area contributed by atoms with Crippen LogP contribution in [0.25, 0.3) is 0 Å². The molecule has 2 amide bonds. The smallest absolute Gasteiger partial charge is 0.244 e. The third-order valence-corrected chi connectivity index (χ3v) is 7.26. The number of carbonyl (C=O) groups is 2. The lowest BCUT2D eigenvalue weighted by Crippen LogP contribution is -2.52. The highest BCUT2D eigenvalue weighted by molar-refractivity contribution is 7.92. The van der Waals surface area contributed by atoms with Crippen molar-refractivity contribution in [3.8, 4) is 5.75 Å². The lowest BCUT2D eigenvalue weighted by atomic mass is 9.87. The highest BCUT2D eigenvalue weighted by Crippen LogP contribution is 2.26. The van der Waals surface area contributed by atoms with E-state index < -0.39 is 28.5 Å². The van der Waals surface area contributed by atoms with Gasteiger partial charge in [-0.25, -0.2) is 8.42 Å². The second kappa shape index (κ2) is 12.9. The van der Waals surface area contributed by atoms with Gasteiger partial charge in [-0.2, -0.15) is 0 Å². The van der Waals surface area contributed by atoms with Gasteiger partial charge in [0.2, 0.25) is 21.8 Å². The van der Waals surface area contributed by atoms with Crippen LogP contribution in [0.15, 0.2) is 48.5 Å². The Bertz CT molecular complexity index is 1160. The summed E-state index contributed by atoms with van der Waals surface area (Å²) in [5, 5.41) is 2.87. The zero-order valence-corrected chi connectivity index (χ0v) is 23.9. The van der Waals surface area contributed by atoms with Gasteiger partial charge in [0.1, 0.15) is 18.3 Å². The zero-order valence-electron chi connectivity index (χ0n) is 23.1. The SMILES string of the molecule is CCCNC(=O)[C@@H](CC)N(Cc1cccc(OC)c1)C(=O)CN(c1ccc(C(C)(C)C)cc1)S(C)(=O)=O. The monoisotopic (exact) mass is 531 g/mol. The molecular weight excluding hydrogens is 490 g/mol. The zero-order chi connectivity index (χ0) is 27.8. The fourth-order valence-electron chi connectivity index (χ4n) is 3.99. The maximum atomic E-state index is 13.7. The number of carbonyl (C=O) groups excluding carboxylic acids is 2. The van der Waals surface area contributed by atoms with Gasteiger partial charge in [-0.05, 0) is 53.6 Å². The molecule has 2 rings (SSSR count). The van der Waals surface area contributed by atoms with Crippen LogP contribution in [-0.4, -0.2) is 57.6 Å². The largest absolute Gasteiger partial charge is 0.497 e. The predicted octanol–water partition coefficient (Wildman–Crippen LogP) is 4.09. The summed E-state index contributed by atoms with van der Waals surface area (Å²) in [5.74, 6) is -0.0993. The molecule has 0 aliphatic rings. The number of sulfonamides is 1. The molecule has 1 atom stereocenters. The summed E-state index contributed by atoms with van der Waals surface area (Å²) in [6, 6.07) is 13.7. The number of nitrogens with one attached hydrogen (secondary N) is 1. The molecule has 1 N–H and O–H groups in total. The van der Waals surface area contributed by atoms with Crippen LogP contribution in [0, 0.1) is 0 Å². The minimum absolute atomic E-state index is 0.0992. The van der Waals surface area contributed by atoms with Crippen LogP contribution < -0.4 is 14.4 Å². The first kappa shape index (κ1) is 30.2. The van der Waals surface area contributed by atoms with Crippen LogP contribution in [0.3, 0.4) is 0 Å². The molecule has 0 fully saturated rings. The van der Waals surface area contributed by atoms with Gasteiger partial charge >= 0.3 is 0 Å². The lowest BCUT2D eigenvalue weighted by molar-refractivity contribution is -0.140. The van der Waals surface area contributed by atoms with Crippen LogP contribution in [0.4, 0.5) is 5.69 Å². The van der Waals surface area contributed by atoms with Gasteiger partial charge in [0.15, 0.2) is 0 Å². The topological polar surface area (TPSA) is 96.0 Å². The number of amides is 2. The van der Waals surface area contributed by atoms with Gasteiger partial charge in [0.25, 0.3) is 0 Å². The summed E-state index contributed by atoms with van der Waals surface area (Å²) in [7, 11) is -2.22. The van der Waals surface area contributed by atoms with E-state index >= 15 is 0 Å². The number of anilines is 1. The van der Waals surface area contributed by atoms with Gasteiger partial charge in [0.05, 0.1) is 19.1 Å². The molecule has 0 heterocycles. The number of nitrogens with zero attached hydrogens (tertiary/aromatic N) is 2.